The first-order chi connectivity index (χ1) is 10.9. The number of amides is 2. The Morgan fingerprint density at radius 2 is 1.96 bits per heavy atom. The highest BCUT2D eigenvalue weighted by Gasteiger charge is 2.46. The first-order valence-electron chi connectivity index (χ1n) is 8.12. The molecule has 3 rings (SSSR count). The molecule has 2 saturated heterocycles. The topological polar surface area (TPSA) is 86.7 Å². The summed E-state index contributed by atoms with van der Waals surface area (Å²) in [4.78, 5) is 38.2. The summed E-state index contributed by atoms with van der Waals surface area (Å²) in [6, 6.07) is -1.40. The molecule has 0 bridgehead atoms. The van der Waals surface area contributed by atoms with Crippen LogP contribution in [0.25, 0.3) is 0 Å². The van der Waals surface area contributed by atoms with Gasteiger partial charge in [0.25, 0.3) is 0 Å². The van der Waals surface area contributed by atoms with Gasteiger partial charge in [0.2, 0.25) is 11.8 Å². The molecule has 23 heavy (non-hydrogen) atoms. The van der Waals surface area contributed by atoms with Crippen molar-refractivity contribution in [1.82, 2.24) is 10.2 Å². The second kappa shape index (κ2) is 6.55. The van der Waals surface area contributed by atoms with Crippen LogP contribution >= 0.6 is 24.4 Å². The second-order valence-electron chi connectivity index (χ2n) is 6.56. The van der Waals surface area contributed by atoms with E-state index in [0.717, 1.165) is 31.4 Å². The van der Waals surface area contributed by atoms with Crippen LogP contribution in [0.15, 0.2) is 0 Å². The van der Waals surface area contributed by atoms with Gasteiger partial charge in [-0.05, 0) is 37.9 Å². The number of aliphatic carboxylic acids is 1. The van der Waals surface area contributed by atoms with Crippen molar-refractivity contribution in [2.24, 2.45) is 0 Å². The highest BCUT2D eigenvalue weighted by atomic mass is 32.2. The molecule has 1 aliphatic carbocycles. The third-order valence-electron chi connectivity index (χ3n) is 5.05. The highest BCUT2D eigenvalue weighted by molar-refractivity contribution is 7.99. The lowest BCUT2D eigenvalue weighted by molar-refractivity contribution is -0.149. The molecule has 2 amide bonds. The Bertz CT molecular complexity index is 522. The van der Waals surface area contributed by atoms with Crippen LogP contribution in [-0.2, 0) is 14.4 Å². The number of carbonyl (C=O) groups excluding carboxylic acids is 2. The van der Waals surface area contributed by atoms with Crippen LogP contribution in [-0.4, -0.2) is 55.7 Å². The van der Waals surface area contributed by atoms with Gasteiger partial charge in [0.05, 0.1) is 10.1 Å². The molecule has 0 radical (unpaired) electrons. The Labute approximate surface area is 145 Å². The number of carbonyl (C=O) groups is 3. The minimum absolute atomic E-state index is 0.0815. The normalized spacial score (nSPS) is 33.2. The minimum Gasteiger partial charge on any atom is -0.480 e. The van der Waals surface area contributed by atoms with Gasteiger partial charge in [0.1, 0.15) is 12.1 Å². The van der Waals surface area contributed by atoms with E-state index < -0.39 is 22.8 Å². The summed E-state index contributed by atoms with van der Waals surface area (Å²) >= 11 is 6.13. The minimum atomic E-state index is -0.963. The van der Waals surface area contributed by atoms with Crippen molar-refractivity contribution >= 4 is 42.2 Å². The fourth-order valence-electron chi connectivity index (χ4n) is 3.72. The lowest BCUT2D eigenvalue weighted by Crippen LogP contribution is -2.55. The average molecular weight is 358 g/mol. The van der Waals surface area contributed by atoms with Crippen LogP contribution in [0.3, 0.4) is 0 Å². The first kappa shape index (κ1) is 17.0. The quantitative estimate of drug-likeness (QED) is 0.661. The van der Waals surface area contributed by atoms with E-state index in [2.05, 4.69) is 17.9 Å². The summed E-state index contributed by atoms with van der Waals surface area (Å²) < 4.78 is -0.684. The Morgan fingerprint density at radius 1 is 1.26 bits per heavy atom. The van der Waals surface area contributed by atoms with Gasteiger partial charge in [-0.3, -0.25) is 9.59 Å². The summed E-state index contributed by atoms with van der Waals surface area (Å²) in [6.07, 6.45) is 5.11. The van der Waals surface area contributed by atoms with E-state index in [1.54, 1.807) is 11.8 Å². The monoisotopic (exact) mass is 358 g/mol. The number of carboxylic acids is 1. The van der Waals surface area contributed by atoms with Crippen molar-refractivity contribution in [3.8, 4) is 0 Å². The Kier molecular flexibility index (Phi) is 4.83. The zero-order chi connectivity index (χ0) is 16.6. The smallest absolute Gasteiger partial charge is 0.326 e. The average Bonchev–Trinajstić information content (AvgIpc) is 3.09. The molecule has 0 aromatic carbocycles. The SMILES string of the molecule is O=C(O)C1CCC2SCC[C@H](NC(=O)C3(S)CCCC3)C(=O)N21. The molecule has 6 nitrogen and oxygen atoms in total. The number of carboxylic acid groups (broad SMARTS) is 1. The number of thioether (sulfide) groups is 1. The Balaban J connectivity index is 1.73. The van der Waals surface area contributed by atoms with Crippen LogP contribution in [0.1, 0.15) is 44.9 Å². The van der Waals surface area contributed by atoms with E-state index in [-0.39, 0.29) is 17.2 Å². The maximum absolute atomic E-state index is 12.8. The molecule has 2 heterocycles. The lowest BCUT2D eigenvalue weighted by Gasteiger charge is -2.30. The van der Waals surface area contributed by atoms with Crippen molar-refractivity contribution < 1.29 is 19.5 Å². The molecule has 128 valence electrons. The molecule has 0 spiro atoms. The molecule has 3 fully saturated rings. The van der Waals surface area contributed by atoms with Gasteiger partial charge < -0.3 is 15.3 Å². The van der Waals surface area contributed by atoms with E-state index >= 15 is 0 Å². The van der Waals surface area contributed by atoms with Gasteiger partial charge >= 0.3 is 5.97 Å². The summed E-state index contributed by atoms with van der Waals surface area (Å²) in [7, 11) is 0. The maximum atomic E-state index is 12.8. The number of hydrogen-bond donors (Lipinski definition) is 3. The van der Waals surface area contributed by atoms with Crippen molar-refractivity contribution in [2.75, 3.05) is 5.75 Å². The molecule has 2 unspecified atom stereocenters. The summed E-state index contributed by atoms with van der Waals surface area (Å²) in [6.45, 7) is 0. The summed E-state index contributed by atoms with van der Waals surface area (Å²) in [5, 5.41) is 12.1. The van der Waals surface area contributed by atoms with Crippen LogP contribution in [0.5, 0.6) is 0 Å². The molecule has 2 aliphatic heterocycles. The van der Waals surface area contributed by atoms with Crippen LogP contribution in [0, 0.1) is 0 Å². The van der Waals surface area contributed by atoms with Gasteiger partial charge in [0, 0.05) is 0 Å². The van der Waals surface area contributed by atoms with E-state index in [0.29, 0.717) is 19.3 Å². The maximum Gasteiger partial charge on any atom is 0.326 e. The molecule has 0 aromatic heterocycles. The van der Waals surface area contributed by atoms with E-state index in [4.69, 9.17) is 0 Å². The number of thiol groups is 1. The zero-order valence-electron chi connectivity index (χ0n) is 12.9. The van der Waals surface area contributed by atoms with Crippen molar-refractivity contribution in [2.45, 2.75) is 67.2 Å². The molecule has 2 N–H and O–H groups in total. The van der Waals surface area contributed by atoms with E-state index in [9.17, 15) is 19.5 Å². The molecule has 1 saturated carbocycles. The fraction of sp³-hybridized carbons (Fsp3) is 0.800. The zero-order valence-corrected chi connectivity index (χ0v) is 14.6. The number of hydrogen-bond acceptors (Lipinski definition) is 5. The van der Waals surface area contributed by atoms with Gasteiger partial charge in [-0.25, -0.2) is 4.79 Å². The molecule has 3 aliphatic rings. The van der Waals surface area contributed by atoms with Gasteiger partial charge in [0.15, 0.2) is 0 Å². The first-order valence-corrected chi connectivity index (χ1v) is 9.62. The third kappa shape index (κ3) is 3.20. The van der Waals surface area contributed by atoms with Gasteiger partial charge in [-0.15, -0.1) is 11.8 Å². The standard InChI is InChI=1S/C15H22N2O4S2/c18-12-9(16-14(21)15(22)6-1-2-7-15)5-8-23-11-4-3-10(13(19)20)17(11)12/h9-11,22H,1-8H2,(H,16,21)(H,19,20)/t9-,10?,11?/m0/s1. The van der Waals surface area contributed by atoms with Crippen molar-refractivity contribution in [1.29, 1.82) is 0 Å². The second-order valence-corrected chi connectivity index (χ2v) is 8.70. The highest BCUT2D eigenvalue weighted by Crippen LogP contribution is 2.38. The number of fused-ring (bicyclic) bond motifs is 1. The summed E-state index contributed by atoms with van der Waals surface area (Å²) in [5.41, 5.74) is 0. The lowest BCUT2D eigenvalue weighted by atomic mass is 10.0. The van der Waals surface area contributed by atoms with Crippen LogP contribution in [0.2, 0.25) is 0 Å². The third-order valence-corrected chi connectivity index (χ3v) is 7.02. The Hall–Kier alpha value is -0.890. The van der Waals surface area contributed by atoms with Gasteiger partial charge in [-0.1, -0.05) is 12.8 Å². The Morgan fingerprint density at radius 3 is 2.61 bits per heavy atom. The van der Waals surface area contributed by atoms with Crippen LogP contribution < -0.4 is 5.32 Å². The van der Waals surface area contributed by atoms with Gasteiger partial charge in [-0.2, -0.15) is 12.6 Å². The number of rotatable bonds is 3. The number of nitrogens with zero attached hydrogens (tertiary/aromatic N) is 1. The molecular weight excluding hydrogens is 336 g/mol. The molecule has 3 atom stereocenters. The fourth-order valence-corrected chi connectivity index (χ4v) is 5.46. The van der Waals surface area contributed by atoms with E-state index in [1.807, 2.05) is 0 Å². The van der Waals surface area contributed by atoms with E-state index in [1.165, 1.54) is 4.90 Å². The predicted octanol–water partition coefficient (Wildman–Crippen LogP) is 1.25. The predicted molar refractivity (Wildman–Crippen MR) is 90.5 cm³/mol. The van der Waals surface area contributed by atoms with Crippen molar-refractivity contribution in [3.63, 3.8) is 0 Å². The molecular formula is C15H22N2O4S2. The molecule has 0 aromatic rings. The molecule has 8 heteroatoms. The summed E-state index contributed by atoms with van der Waals surface area (Å²) in [5.74, 6) is -0.668. The number of nitrogens with one attached hydrogen (secondary N) is 1. The largest absolute Gasteiger partial charge is 0.480 e. The van der Waals surface area contributed by atoms with Crippen LogP contribution in [0.4, 0.5) is 0 Å². The van der Waals surface area contributed by atoms with Crippen molar-refractivity contribution in [3.05, 3.63) is 0 Å².